The molecule has 9 rings (SSSR count). The van der Waals surface area contributed by atoms with E-state index < -0.39 is 36.1 Å². The van der Waals surface area contributed by atoms with Gasteiger partial charge in [-0.05, 0) is 116 Å². The van der Waals surface area contributed by atoms with Gasteiger partial charge in [0.2, 0.25) is 11.8 Å². The number of alkyl carbamates (subject to hydrolysis) is 2. The molecule has 5 heterocycles. The summed E-state index contributed by atoms with van der Waals surface area (Å²) in [5.41, 5.74) is 6.14. The predicted molar refractivity (Wildman–Crippen MR) is 253 cm³/mol. The summed E-state index contributed by atoms with van der Waals surface area (Å²) in [5, 5.41) is 5.67. The molecule has 358 valence electrons. The Labute approximate surface area is 394 Å². The molecule has 68 heavy (non-hydrogen) atoms. The minimum Gasteiger partial charge on any atom is -0.453 e. The van der Waals surface area contributed by atoms with E-state index in [9.17, 15) is 24.0 Å². The van der Waals surface area contributed by atoms with Crippen LogP contribution in [-0.2, 0) is 31.9 Å². The van der Waals surface area contributed by atoms with Crippen LogP contribution in [0.3, 0.4) is 0 Å². The number of carbonyl (C=O) groups excluding carboxylic acids is 4. The molecule has 2 aromatic carbocycles. The topological polar surface area (TPSA) is 205 Å². The number of aromatic amines is 2. The lowest BCUT2D eigenvalue weighted by atomic mass is 9.82. The van der Waals surface area contributed by atoms with Crippen LogP contribution in [0.2, 0.25) is 0 Å². The van der Waals surface area contributed by atoms with Gasteiger partial charge in [0.25, 0.3) is 5.56 Å². The van der Waals surface area contributed by atoms with Crippen LogP contribution in [-0.4, -0.2) is 98.1 Å². The minimum absolute atomic E-state index is 0.0300. The molecule has 1 spiro atoms. The number of benzene rings is 2. The van der Waals surface area contributed by atoms with Gasteiger partial charge in [-0.3, -0.25) is 19.4 Å². The van der Waals surface area contributed by atoms with Crippen LogP contribution in [0.15, 0.2) is 53.6 Å². The van der Waals surface area contributed by atoms with Gasteiger partial charge in [0, 0.05) is 36.0 Å². The number of rotatable bonds is 11. The Morgan fingerprint density at radius 1 is 0.750 bits per heavy atom. The van der Waals surface area contributed by atoms with E-state index in [4.69, 9.17) is 24.4 Å². The third kappa shape index (κ3) is 8.71. The molecule has 2 aliphatic heterocycles. The number of likely N-dealkylation sites (tertiary alicyclic amines) is 2. The molecule has 4 N–H and O–H groups in total. The number of carbonyl (C=O) groups is 4. The van der Waals surface area contributed by atoms with Gasteiger partial charge in [0.15, 0.2) is 0 Å². The van der Waals surface area contributed by atoms with Gasteiger partial charge < -0.3 is 39.9 Å². The molecule has 5 aromatic rings. The fraction of sp³-hybridized carbons (Fsp3) is 0.490. The Morgan fingerprint density at radius 3 is 1.94 bits per heavy atom. The van der Waals surface area contributed by atoms with Crippen molar-refractivity contribution in [2.24, 2.45) is 17.3 Å². The average molecular weight is 930 g/mol. The maximum absolute atomic E-state index is 17.0. The summed E-state index contributed by atoms with van der Waals surface area (Å²) in [4.78, 5) is 89.8. The molecular formula is C51H60FN9O7. The normalized spacial score (nSPS) is 19.5. The highest BCUT2D eigenvalue weighted by atomic mass is 19.1. The summed E-state index contributed by atoms with van der Waals surface area (Å²) >= 11 is 0. The number of hydrogen-bond acceptors (Lipinski definition) is 10. The fourth-order valence-corrected chi connectivity index (χ4v) is 11.2. The maximum atomic E-state index is 17.0. The second-order valence-corrected chi connectivity index (χ2v) is 19.7. The van der Waals surface area contributed by atoms with Crippen LogP contribution in [0.1, 0.15) is 114 Å². The van der Waals surface area contributed by atoms with Crippen molar-refractivity contribution in [2.75, 3.05) is 27.3 Å². The standard InChI is InChI=1S/C51H60FN9O7/c1-27(2)42(57-49(65)67-5)47(63)60-19-9-11-39(60)44-54-26-38(56-44)30-14-15-36(53-25-30)31-22-35(52)41(34-24-51(23-33(31)34)17-7-8-18-51)29-13-16-37-32(21-29)46(62)59-45(55-37)40-12-10-20-61(40)48(64)43(28(3)4)58-50(66)68-6/h13-16,21-22,25-28,39-40,42-43H,7-12,17-20,23-24H2,1-6H3,(H,54,56)(H,57,65)(H,58,66)(H,55,59,62)/t39-,40-,42-,43-/m0/s1. The highest BCUT2D eigenvalue weighted by molar-refractivity contribution is 5.89. The molecule has 2 aliphatic carbocycles. The first-order chi connectivity index (χ1) is 32.7. The van der Waals surface area contributed by atoms with E-state index in [1.54, 1.807) is 40.4 Å². The molecule has 4 amide bonds. The number of hydrogen-bond donors (Lipinski definition) is 4. The van der Waals surface area contributed by atoms with Crippen LogP contribution in [0.5, 0.6) is 0 Å². The lowest BCUT2D eigenvalue weighted by Crippen LogP contribution is -2.51. The van der Waals surface area contributed by atoms with Gasteiger partial charge in [-0.15, -0.1) is 0 Å². The number of nitrogens with zero attached hydrogens (tertiary/aromatic N) is 5. The molecular weight excluding hydrogens is 870 g/mol. The van der Waals surface area contributed by atoms with Crippen LogP contribution < -0.4 is 16.2 Å². The van der Waals surface area contributed by atoms with Crippen LogP contribution in [0.4, 0.5) is 14.0 Å². The first-order valence-corrected chi connectivity index (χ1v) is 23.9. The van der Waals surface area contributed by atoms with E-state index in [1.165, 1.54) is 14.2 Å². The molecule has 3 fully saturated rings. The van der Waals surface area contributed by atoms with Gasteiger partial charge in [-0.1, -0.05) is 46.6 Å². The van der Waals surface area contributed by atoms with E-state index >= 15 is 4.39 Å². The lowest BCUT2D eigenvalue weighted by Gasteiger charge is -2.30. The summed E-state index contributed by atoms with van der Waals surface area (Å²) in [6, 6.07) is 8.45. The van der Waals surface area contributed by atoms with Crippen molar-refractivity contribution >= 4 is 34.9 Å². The van der Waals surface area contributed by atoms with E-state index in [1.807, 2.05) is 45.9 Å². The lowest BCUT2D eigenvalue weighted by molar-refractivity contribution is -0.136. The number of imidazole rings is 1. The van der Waals surface area contributed by atoms with Crippen molar-refractivity contribution in [1.82, 2.24) is 45.4 Å². The van der Waals surface area contributed by atoms with E-state index in [2.05, 4.69) is 20.6 Å². The first kappa shape index (κ1) is 46.5. The molecule has 4 atom stereocenters. The second-order valence-electron chi connectivity index (χ2n) is 19.7. The minimum atomic E-state index is -0.812. The third-order valence-electron chi connectivity index (χ3n) is 14.7. The van der Waals surface area contributed by atoms with Crippen molar-refractivity contribution in [2.45, 2.75) is 116 Å². The molecule has 3 aromatic heterocycles. The third-order valence-corrected chi connectivity index (χ3v) is 14.7. The maximum Gasteiger partial charge on any atom is 0.407 e. The first-order valence-electron chi connectivity index (χ1n) is 23.9. The molecule has 0 radical (unpaired) electrons. The second kappa shape index (κ2) is 18.8. The van der Waals surface area contributed by atoms with Crippen molar-refractivity contribution in [3.63, 3.8) is 0 Å². The molecule has 1 saturated carbocycles. The zero-order valence-corrected chi connectivity index (χ0v) is 39.5. The Kier molecular flexibility index (Phi) is 12.8. The summed E-state index contributed by atoms with van der Waals surface area (Å²) in [6.45, 7) is 8.45. The Bertz CT molecular complexity index is 2820. The van der Waals surface area contributed by atoms with Crippen molar-refractivity contribution < 1.29 is 33.0 Å². The SMILES string of the molecule is COC(=O)N[C@H](C(=O)N1CCC[C@H]1c1ncc(-c2ccc(-c3cc(F)c(-c4ccc5nc([C@@H]6CCCN6C(=O)[C@@H](NC(=O)OC)C(C)C)[nH]c(=O)c5c4)c4c3CC3(CCCC3)C4)nc2)[nH]1)C(C)C. The van der Waals surface area contributed by atoms with Crippen molar-refractivity contribution in [3.05, 3.63) is 87.7 Å². The summed E-state index contributed by atoms with van der Waals surface area (Å²) in [7, 11) is 2.53. The van der Waals surface area contributed by atoms with E-state index in [0.717, 1.165) is 79.3 Å². The summed E-state index contributed by atoms with van der Waals surface area (Å²) in [5.74, 6) is -0.182. The number of halogens is 1. The molecule has 0 bridgehead atoms. The number of aromatic nitrogens is 5. The van der Waals surface area contributed by atoms with E-state index in [0.29, 0.717) is 65.3 Å². The largest absolute Gasteiger partial charge is 0.453 e. The van der Waals surface area contributed by atoms with Gasteiger partial charge in [-0.2, -0.15) is 0 Å². The quantitative estimate of drug-likeness (QED) is 0.101. The van der Waals surface area contributed by atoms with Crippen LogP contribution in [0.25, 0.3) is 44.5 Å². The number of methoxy groups -OCH3 is 2. The Hall–Kier alpha value is -6.65. The number of nitrogens with one attached hydrogen (secondary N) is 4. The van der Waals surface area contributed by atoms with Crippen LogP contribution in [0, 0.1) is 23.1 Å². The van der Waals surface area contributed by atoms with Crippen molar-refractivity contribution in [3.8, 4) is 33.6 Å². The van der Waals surface area contributed by atoms with Gasteiger partial charge in [0.05, 0.1) is 54.8 Å². The highest BCUT2D eigenvalue weighted by Gasteiger charge is 2.43. The summed E-state index contributed by atoms with van der Waals surface area (Å²) < 4.78 is 26.5. The number of pyridine rings is 1. The molecule has 4 aliphatic rings. The Balaban J connectivity index is 0.990. The molecule has 16 nitrogen and oxygen atoms in total. The fourth-order valence-electron chi connectivity index (χ4n) is 11.2. The molecule has 0 unspecified atom stereocenters. The number of amides is 4. The zero-order chi connectivity index (χ0) is 48.0. The zero-order valence-electron chi connectivity index (χ0n) is 39.5. The highest BCUT2D eigenvalue weighted by Crippen LogP contribution is 2.53. The van der Waals surface area contributed by atoms with Gasteiger partial charge in [-0.25, -0.2) is 23.9 Å². The number of fused-ring (bicyclic) bond motifs is 2. The predicted octanol–water partition coefficient (Wildman–Crippen LogP) is 7.93. The number of H-pyrrole nitrogens is 2. The molecule has 2 saturated heterocycles. The van der Waals surface area contributed by atoms with Gasteiger partial charge in [0.1, 0.15) is 29.5 Å². The Morgan fingerprint density at radius 2 is 1.35 bits per heavy atom. The van der Waals surface area contributed by atoms with Gasteiger partial charge >= 0.3 is 12.2 Å². The smallest absolute Gasteiger partial charge is 0.407 e. The van der Waals surface area contributed by atoms with Crippen molar-refractivity contribution in [1.29, 1.82) is 0 Å². The van der Waals surface area contributed by atoms with Crippen LogP contribution >= 0.6 is 0 Å². The average Bonchev–Trinajstić information content (AvgIpc) is 4.20. The number of ether oxygens (including phenoxy) is 2. The summed E-state index contributed by atoms with van der Waals surface area (Å²) in [6.07, 6.45) is 10.9. The monoisotopic (exact) mass is 929 g/mol. The molecule has 17 heteroatoms. The van der Waals surface area contributed by atoms with E-state index in [-0.39, 0.29) is 40.7 Å².